The molecule has 0 aliphatic rings. The minimum absolute atomic E-state index is 0.0370. The number of nitro benzene ring substituents is 1. The summed E-state index contributed by atoms with van der Waals surface area (Å²) in [5.41, 5.74) is 0.454. The van der Waals surface area contributed by atoms with Crippen molar-refractivity contribution in [1.29, 1.82) is 0 Å². The van der Waals surface area contributed by atoms with E-state index in [4.69, 9.17) is 0 Å². The molecule has 0 bridgehead atoms. The first-order chi connectivity index (χ1) is 6.68. The Morgan fingerprint density at radius 3 is 2.93 bits per heavy atom. The summed E-state index contributed by atoms with van der Waals surface area (Å²) in [6, 6.07) is 6.69. The van der Waals surface area contributed by atoms with E-state index in [0.29, 0.717) is 5.52 Å². The maximum atomic E-state index is 10.7. The molecule has 0 saturated carbocycles. The average molecular weight is 253 g/mol. The van der Waals surface area contributed by atoms with Gasteiger partial charge in [-0.1, -0.05) is 12.1 Å². The van der Waals surface area contributed by atoms with Gasteiger partial charge in [-0.2, -0.15) is 0 Å². The van der Waals surface area contributed by atoms with Gasteiger partial charge in [0.1, 0.15) is 5.52 Å². The maximum absolute atomic E-state index is 10.7. The second-order valence-corrected chi connectivity index (χ2v) is 3.68. The number of fused-ring (bicyclic) bond motifs is 1. The molecule has 2 rings (SSSR count). The lowest BCUT2D eigenvalue weighted by molar-refractivity contribution is -0.383. The first-order valence-electron chi connectivity index (χ1n) is 3.87. The highest BCUT2D eigenvalue weighted by Crippen LogP contribution is 2.25. The molecule has 0 spiro atoms. The lowest BCUT2D eigenvalue weighted by Crippen LogP contribution is -1.90. The topological polar surface area (TPSA) is 56.0 Å². The Bertz CT molecular complexity index is 513. The molecule has 0 unspecified atom stereocenters. The van der Waals surface area contributed by atoms with E-state index in [0.717, 1.165) is 9.86 Å². The molecule has 2 aromatic rings. The second-order valence-electron chi connectivity index (χ2n) is 2.76. The van der Waals surface area contributed by atoms with Crippen LogP contribution in [0, 0.1) is 10.1 Å². The zero-order chi connectivity index (χ0) is 10.1. The molecule has 0 amide bonds. The molecule has 1 aromatic heterocycles. The summed E-state index contributed by atoms with van der Waals surface area (Å²) in [5.74, 6) is 0. The number of nitrogens with zero attached hydrogens (tertiary/aromatic N) is 2. The molecule has 70 valence electrons. The maximum Gasteiger partial charge on any atom is 0.295 e. The van der Waals surface area contributed by atoms with Crippen molar-refractivity contribution in [3.8, 4) is 0 Å². The van der Waals surface area contributed by atoms with E-state index >= 15 is 0 Å². The lowest BCUT2D eigenvalue weighted by atomic mass is 10.2. The Morgan fingerprint density at radius 2 is 2.21 bits per heavy atom. The van der Waals surface area contributed by atoms with Crippen LogP contribution in [0.25, 0.3) is 10.9 Å². The number of non-ortho nitro benzene ring substituents is 1. The van der Waals surface area contributed by atoms with Gasteiger partial charge in [-0.3, -0.25) is 10.1 Å². The van der Waals surface area contributed by atoms with Crippen molar-refractivity contribution in [2.24, 2.45) is 0 Å². The molecule has 1 aromatic carbocycles. The monoisotopic (exact) mass is 252 g/mol. The van der Waals surface area contributed by atoms with Crippen LogP contribution in [-0.4, -0.2) is 9.91 Å². The fourth-order valence-corrected chi connectivity index (χ4v) is 1.61. The van der Waals surface area contributed by atoms with Crippen LogP contribution in [0.1, 0.15) is 0 Å². The number of nitro groups is 1. The largest absolute Gasteiger partial charge is 0.295 e. The predicted octanol–water partition coefficient (Wildman–Crippen LogP) is 2.91. The fourth-order valence-electron chi connectivity index (χ4n) is 1.27. The van der Waals surface area contributed by atoms with E-state index in [1.165, 1.54) is 6.07 Å². The predicted molar refractivity (Wildman–Crippen MR) is 56.1 cm³/mol. The second kappa shape index (κ2) is 3.34. The van der Waals surface area contributed by atoms with E-state index in [-0.39, 0.29) is 5.69 Å². The van der Waals surface area contributed by atoms with Crippen LogP contribution < -0.4 is 0 Å². The van der Waals surface area contributed by atoms with E-state index in [2.05, 4.69) is 20.9 Å². The lowest BCUT2D eigenvalue weighted by Gasteiger charge is -1.98. The van der Waals surface area contributed by atoms with Gasteiger partial charge < -0.3 is 0 Å². The van der Waals surface area contributed by atoms with Gasteiger partial charge in [0, 0.05) is 22.1 Å². The Balaban J connectivity index is 2.81. The zero-order valence-corrected chi connectivity index (χ0v) is 8.56. The van der Waals surface area contributed by atoms with Crippen LogP contribution in [0.5, 0.6) is 0 Å². The molecule has 0 atom stereocenters. The molecule has 4 nitrogen and oxygen atoms in total. The number of pyridine rings is 1. The highest BCUT2D eigenvalue weighted by molar-refractivity contribution is 9.10. The minimum atomic E-state index is -0.427. The summed E-state index contributed by atoms with van der Waals surface area (Å²) in [6.45, 7) is 0. The van der Waals surface area contributed by atoms with Gasteiger partial charge in [0.2, 0.25) is 0 Å². The van der Waals surface area contributed by atoms with Crippen molar-refractivity contribution in [2.75, 3.05) is 0 Å². The number of para-hydroxylation sites is 1. The minimum Gasteiger partial charge on any atom is -0.258 e. The fraction of sp³-hybridized carbons (Fsp3) is 0. The van der Waals surface area contributed by atoms with Gasteiger partial charge in [0.25, 0.3) is 5.69 Å². The first kappa shape index (κ1) is 9.08. The molecular formula is C9H5BrN2O2. The van der Waals surface area contributed by atoms with E-state index in [1.54, 1.807) is 24.4 Å². The van der Waals surface area contributed by atoms with E-state index in [1.807, 2.05) is 0 Å². The van der Waals surface area contributed by atoms with Crippen molar-refractivity contribution in [1.82, 2.24) is 4.98 Å². The SMILES string of the molecule is O=[N+]([O-])c1cccc2cc(Br)cnc12. The van der Waals surface area contributed by atoms with Crippen molar-refractivity contribution in [3.63, 3.8) is 0 Å². The zero-order valence-electron chi connectivity index (χ0n) is 6.98. The smallest absolute Gasteiger partial charge is 0.258 e. The molecule has 1 heterocycles. The number of hydrogen-bond donors (Lipinski definition) is 0. The van der Waals surface area contributed by atoms with Gasteiger partial charge in [0.15, 0.2) is 0 Å². The molecule has 14 heavy (non-hydrogen) atoms. The Kier molecular flexibility index (Phi) is 2.17. The van der Waals surface area contributed by atoms with Crippen molar-refractivity contribution < 1.29 is 4.92 Å². The van der Waals surface area contributed by atoms with E-state index < -0.39 is 4.92 Å². The van der Waals surface area contributed by atoms with Crippen LogP contribution in [-0.2, 0) is 0 Å². The van der Waals surface area contributed by atoms with Crippen LogP contribution >= 0.6 is 15.9 Å². The molecule has 0 aliphatic carbocycles. The van der Waals surface area contributed by atoms with Gasteiger partial charge in [-0.05, 0) is 22.0 Å². The summed E-state index contributed by atoms with van der Waals surface area (Å²) in [5, 5.41) is 11.4. The number of benzene rings is 1. The number of halogens is 1. The summed E-state index contributed by atoms with van der Waals surface area (Å²) in [7, 11) is 0. The average Bonchev–Trinajstić information content (AvgIpc) is 2.16. The molecule has 0 radical (unpaired) electrons. The van der Waals surface area contributed by atoms with Crippen LogP contribution in [0.4, 0.5) is 5.69 Å². The van der Waals surface area contributed by atoms with Gasteiger partial charge in [-0.15, -0.1) is 0 Å². The molecule has 0 saturated heterocycles. The third-order valence-corrected chi connectivity index (χ3v) is 2.29. The standard InChI is InChI=1S/C9H5BrN2O2/c10-7-4-6-2-1-3-8(12(13)14)9(6)11-5-7/h1-5H. The van der Waals surface area contributed by atoms with Crippen LogP contribution in [0.2, 0.25) is 0 Å². The number of hydrogen-bond acceptors (Lipinski definition) is 3. The third-order valence-electron chi connectivity index (χ3n) is 1.85. The summed E-state index contributed by atoms with van der Waals surface area (Å²) < 4.78 is 0.811. The van der Waals surface area contributed by atoms with Crippen LogP contribution in [0.15, 0.2) is 34.9 Å². The Labute approximate surface area is 87.9 Å². The summed E-state index contributed by atoms with van der Waals surface area (Å²) >= 11 is 3.26. The Morgan fingerprint density at radius 1 is 1.43 bits per heavy atom. The van der Waals surface area contributed by atoms with E-state index in [9.17, 15) is 10.1 Å². The third kappa shape index (κ3) is 1.46. The van der Waals surface area contributed by atoms with Gasteiger partial charge in [-0.25, -0.2) is 4.98 Å². The molecular weight excluding hydrogens is 248 g/mol. The first-order valence-corrected chi connectivity index (χ1v) is 4.66. The normalized spacial score (nSPS) is 10.4. The Hall–Kier alpha value is -1.49. The molecule has 5 heteroatoms. The molecule has 0 fully saturated rings. The van der Waals surface area contributed by atoms with Crippen molar-refractivity contribution >= 4 is 32.5 Å². The summed E-state index contributed by atoms with van der Waals surface area (Å²) in [4.78, 5) is 14.2. The molecule has 0 N–H and O–H groups in total. The highest BCUT2D eigenvalue weighted by Gasteiger charge is 2.11. The molecule has 0 aliphatic heterocycles. The summed E-state index contributed by atoms with van der Waals surface area (Å²) in [6.07, 6.45) is 1.55. The quantitative estimate of drug-likeness (QED) is 0.579. The van der Waals surface area contributed by atoms with Crippen LogP contribution in [0.3, 0.4) is 0 Å². The highest BCUT2D eigenvalue weighted by atomic mass is 79.9. The van der Waals surface area contributed by atoms with Gasteiger partial charge >= 0.3 is 0 Å². The number of rotatable bonds is 1. The van der Waals surface area contributed by atoms with Crippen molar-refractivity contribution in [3.05, 3.63) is 45.0 Å². The number of aromatic nitrogens is 1. The van der Waals surface area contributed by atoms with Gasteiger partial charge in [0.05, 0.1) is 4.92 Å². The van der Waals surface area contributed by atoms with Crippen molar-refractivity contribution in [2.45, 2.75) is 0 Å².